The molecule has 356 valence electrons. The third kappa shape index (κ3) is 46.4. The summed E-state index contributed by atoms with van der Waals surface area (Å²) in [5, 5.41) is 18.4. The van der Waals surface area contributed by atoms with Crippen LogP contribution in [0.5, 0.6) is 0 Å². The number of rotatable bonds is 49. The van der Waals surface area contributed by atoms with Crippen LogP contribution in [0.2, 0.25) is 0 Å². The minimum absolute atomic E-state index is 0.0525. The van der Waals surface area contributed by atoms with Crippen molar-refractivity contribution in [1.29, 1.82) is 0 Å². The minimum atomic E-state index is -4.52. The standard InChI is InChI=1S/C50H97O9P/c1-3-5-7-9-11-13-15-17-19-21-23-24-25-26-28-30-32-34-36-38-40-42-50(53)59-49(47-58-60(54,55)57-45-48(52)44-51)46-56-43-41-39-37-35-33-31-29-27-22-20-18-16-14-12-10-8-6-4-2/h15,17,21,23,48-49,51-52H,3-14,16,18-20,22,24-47H2,1-2H3,(H,54,55)/b17-15-,23-21-. The largest absolute Gasteiger partial charge is 0.472 e. The molecule has 0 amide bonds. The number of allylic oxidation sites excluding steroid dienone is 4. The number of aliphatic hydroxyl groups is 2. The molecule has 0 radical (unpaired) electrons. The van der Waals surface area contributed by atoms with Gasteiger partial charge in [-0.1, -0.05) is 218 Å². The fraction of sp³-hybridized carbons (Fsp3) is 0.900. The maximum Gasteiger partial charge on any atom is 0.472 e. The number of phosphoric acid groups is 1. The van der Waals surface area contributed by atoms with Crippen LogP contribution in [0.3, 0.4) is 0 Å². The first-order valence-corrected chi connectivity index (χ1v) is 26.8. The van der Waals surface area contributed by atoms with Gasteiger partial charge in [-0.25, -0.2) is 4.57 Å². The van der Waals surface area contributed by atoms with Crippen molar-refractivity contribution in [2.45, 2.75) is 257 Å². The highest BCUT2D eigenvalue weighted by Gasteiger charge is 2.26. The topological polar surface area (TPSA) is 132 Å². The normalized spacial score (nSPS) is 14.0. The summed E-state index contributed by atoms with van der Waals surface area (Å²) in [5.74, 6) is -0.382. The Morgan fingerprint density at radius 1 is 0.517 bits per heavy atom. The van der Waals surface area contributed by atoms with Gasteiger partial charge >= 0.3 is 13.8 Å². The summed E-state index contributed by atoms with van der Waals surface area (Å²) in [6.07, 6.45) is 51.4. The van der Waals surface area contributed by atoms with Crippen LogP contribution in [0.4, 0.5) is 0 Å². The highest BCUT2D eigenvalue weighted by atomic mass is 31.2. The van der Waals surface area contributed by atoms with Gasteiger partial charge in [0.1, 0.15) is 12.2 Å². The van der Waals surface area contributed by atoms with E-state index in [0.29, 0.717) is 6.61 Å². The van der Waals surface area contributed by atoms with E-state index in [1.165, 1.54) is 186 Å². The lowest BCUT2D eigenvalue weighted by Gasteiger charge is -2.20. The van der Waals surface area contributed by atoms with Crippen molar-refractivity contribution in [2.75, 3.05) is 33.0 Å². The number of ether oxygens (including phenoxy) is 2. The molecule has 3 N–H and O–H groups in total. The van der Waals surface area contributed by atoms with Gasteiger partial charge in [0.2, 0.25) is 0 Å². The van der Waals surface area contributed by atoms with Crippen LogP contribution in [-0.4, -0.2) is 66.3 Å². The van der Waals surface area contributed by atoms with E-state index in [-0.39, 0.29) is 25.6 Å². The fourth-order valence-electron chi connectivity index (χ4n) is 7.27. The highest BCUT2D eigenvalue weighted by Crippen LogP contribution is 2.43. The number of carbonyl (C=O) groups excluding carboxylic acids is 1. The van der Waals surface area contributed by atoms with Crippen LogP contribution < -0.4 is 0 Å². The lowest BCUT2D eigenvalue weighted by molar-refractivity contribution is -0.154. The minimum Gasteiger partial charge on any atom is -0.457 e. The Morgan fingerprint density at radius 2 is 0.900 bits per heavy atom. The molecule has 10 heteroatoms. The van der Waals surface area contributed by atoms with E-state index in [2.05, 4.69) is 38.2 Å². The lowest BCUT2D eigenvalue weighted by Crippen LogP contribution is -2.29. The predicted molar refractivity (Wildman–Crippen MR) is 251 cm³/mol. The molecule has 0 rings (SSSR count). The Bertz CT molecular complexity index is 991. The smallest absolute Gasteiger partial charge is 0.457 e. The SMILES string of the molecule is CCCCCCC/C=C\C/C=C\CCCCCCCCCCCC(=O)OC(COCCCCCCCCCCCCCCCCCCCC)COP(=O)(O)OCC(O)CO. The number of hydrogen-bond acceptors (Lipinski definition) is 8. The summed E-state index contributed by atoms with van der Waals surface area (Å²) >= 11 is 0. The van der Waals surface area contributed by atoms with Gasteiger partial charge in [-0.15, -0.1) is 0 Å². The van der Waals surface area contributed by atoms with Crippen molar-refractivity contribution in [1.82, 2.24) is 0 Å². The van der Waals surface area contributed by atoms with Crippen LogP contribution in [0.25, 0.3) is 0 Å². The molecule has 0 aliphatic carbocycles. The Kier molecular flexibility index (Phi) is 46.6. The summed E-state index contributed by atoms with van der Waals surface area (Å²) < 4.78 is 33.5. The quantitative estimate of drug-likeness (QED) is 0.0237. The molecule has 0 aromatic carbocycles. The van der Waals surface area contributed by atoms with E-state index in [1.54, 1.807) is 0 Å². The summed E-state index contributed by atoms with van der Waals surface area (Å²) in [6, 6.07) is 0. The Labute approximate surface area is 370 Å². The summed E-state index contributed by atoms with van der Waals surface area (Å²) in [4.78, 5) is 22.7. The zero-order chi connectivity index (χ0) is 43.9. The maximum absolute atomic E-state index is 12.7. The Morgan fingerprint density at radius 3 is 1.33 bits per heavy atom. The molecule has 0 heterocycles. The average molecular weight is 873 g/mol. The number of esters is 1. The third-order valence-corrected chi connectivity index (χ3v) is 12.1. The van der Waals surface area contributed by atoms with Crippen molar-refractivity contribution in [2.24, 2.45) is 0 Å². The number of unbranched alkanes of at least 4 members (excludes halogenated alkanes) is 31. The molecule has 0 fully saturated rings. The first kappa shape index (κ1) is 58.9. The van der Waals surface area contributed by atoms with E-state index in [1.807, 2.05) is 0 Å². The van der Waals surface area contributed by atoms with Gasteiger partial charge < -0.3 is 24.6 Å². The lowest BCUT2D eigenvalue weighted by atomic mass is 10.0. The molecule has 3 unspecified atom stereocenters. The molecular weight excluding hydrogens is 776 g/mol. The van der Waals surface area contributed by atoms with Crippen molar-refractivity contribution >= 4 is 13.8 Å². The van der Waals surface area contributed by atoms with E-state index in [4.69, 9.17) is 23.6 Å². The second-order valence-corrected chi connectivity index (χ2v) is 18.6. The zero-order valence-corrected chi connectivity index (χ0v) is 40.1. The van der Waals surface area contributed by atoms with E-state index in [9.17, 15) is 19.4 Å². The van der Waals surface area contributed by atoms with Crippen molar-refractivity contribution in [3.63, 3.8) is 0 Å². The third-order valence-electron chi connectivity index (χ3n) is 11.1. The summed E-state index contributed by atoms with van der Waals surface area (Å²) in [5.41, 5.74) is 0. The molecule has 0 aliphatic rings. The van der Waals surface area contributed by atoms with Gasteiger partial charge in [-0.05, 0) is 44.9 Å². The van der Waals surface area contributed by atoms with Crippen LogP contribution >= 0.6 is 7.82 Å². The molecule has 0 saturated carbocycles. The van der Waals surface area contributed by atoms with Gasteiger partial charge in [0, 0.05) is 13.0 Å². The molecule has 0 aliphatic heterocycles. The molecule has 0 spiro atoms. The van der Waals surface area contributed by atoms with E-state index < -0.39 is 33.2 Å². The number of phosphoric ester groups is 1. The monoisotopic (exact) mass is 873 g/mol. The average Bonchev–Trinajstić information content (AvgIpc) is 3.24. The second-order valence-electron chi connectivity index (χ2n) is 17.2. The Hall–Kier alpha value is -1.06. The molecular formula is C50H97O9P. The van der Waals surface area contributed by atoms with E-state index >= 15 is 0 Å². The van der Waals surface area contributed by atoms with Gasteiger partial charge in [-0.3, -0.25) is 13.8 Å². The van der Waals surface area contributed by atoms with Gasteiger partial charge in [-0.2, -0.15) is 0 Å². The van der Waals surface area contributed by atoms with Crippen LogP contribution in [-0.2, 0) is 27.9 Å². The molecule has 0 bridgehead atoms. The molecule has 3 atom stereocenters. The van der Waals surface area contributed by atoms with Crippen molar-refractivity contribution < 1.29 is 43.0 Å². The first-order chi connectivity index (χ1) is 29.3. The van der Waals surface area contributed by atoms with Crippen molar-refractivity contribution in [3.05, 3.63) is 24.3 Å². The molecule has 60 heavy (non-hydrogen) atoms. The molecule has 0 saturated heterocycles. The predicted octanol–water partition coefficient (Wildman–Crippen LogP) is 14.6. The highest BCUT2D eigenvalue weighted by molar-refractivity contribution is 7.47. The van der Waals surface area contributed by atoms with Crippen LogP contribution in [0, 0.1) is 0 Å². The zero-order valence-electron chi connectivity index (χ0n) is 39.2. The number of carbonyl (C=O) groups is 1. The molecule has 9 nitrogen and oxygen atoms in total. The molecule has 0 aromatic heterocycles. The fourth-order valence-corrected chi connectivity index (χ4v) is 8.06. The first-order valence-electron chi connectivity index (χ1n) is 25.3. The van der Waals surface area contributed by atoms with Gasteiger partial charge in [0.25, 0.3) is 0 Å². The Balaban J connectivity index is 4.07. The van der Waals surface area contributed by atoms with E-state index in [0.717, 1.165) is 38.5 Å². The second kappa shape index (κ2) is 47.4. The van der Waals surface area contributed by atoms with Crippen LogP contribution in [0.15, 0.2) is 24.3 Å². The van der Waals surface area contributed by atoms with Crippen LogP contribution in [0.1, 0.15) is 245 Å². The summed E-state index contributed by atoms with van der Waals surface area (Å²) in [7, 11) is -4.52. The van der Waals surface area contributed by atoms with Gasteiger partial charge in [0.05, 0.1) is 26.4 Å². The maximum atomic E-state index is 12.7. The van der Waals surface area contributed by atoms with Crippen molar-refractivity contribution in [3.8, 4) is 0 Å². The molecule has 0 aromatic rings. The summed E-state index contributed by atoms with van der Waals surface area (Å²) in [6.45, 7) is 3.56. The number of aliphatic hydroxyl groups excluding tert-OH is 2. The van der Waals surface area contributed by atoms with Gasteiger partial charge in [0.15, 0.2) is 0 Å². The number of hydrogen-bond donors (Lipinski definition) is 3.